The first-order valence-corrected chi connectivity index (χ1v) is 11.5. The van der Waals surface area contributed by atoms with Crippen LogP contribution < -0.4 is 10.6 Å². The van der Waals surface area contributed by atoms with Crippen LogP contribution in [-0.2, 0) is 26.3 Å². The van der Waals surface area contributed by atoms with Crippen molar-refractivity contribution in [2.24, 2.45) is 5.41 Å². The highest BCUT2D eigenvalue weighted by Gasteiger charge is 2.21. The number of ketones is 1. The smallest absolute Gasteiger partial charge is 0.325 e. The molecule has 2 rings (SSSR count). The second kappa shape index (κ2) is 10.7. The minimum Gasteiger partial charge on any atom is -0.456 e. The molecule has 2 aromatic rings. The van der Waals surface area contributed by atoms with Gasteiger partial charge in [-0.05, 0) is 35.2 Å². The minimum absolute atomic E-state index is 0.0188. The molecule has 0 fully saturated rings. The van der Waals surface area contributed by atoms with Crippen LogP contribution >= 0.6 is 11.3 Å². The van der Waals surface area contributed by atoms with E-state index in [0.717, 1.165) is 10.4 Å². The van der Waals surface area contributed by atoms with Gasteiger partial charge < -0.3 is 15.4 Å². The number of amides is 2. The largest absolute Gasteiger partial charge is 0.456 e. The Balaban J connectivity index is 1.77. The van der Waals surface area contributed by atoms with Crippen LogP contribution in [0.3, 0.4) is 0 Å². The van der Waals surface area contributed by atoms with Gasteiger partial charge in [-0.25, -0.2) is 0 Å². The van der Waals surface area contributed by atoms with Crippen LogP contribution in [0.2, 0.25) is 0 Å². The third-order valence-electron chi connectivity index (χ3n) is 4.81. The van der Waals surface area contributed by atoms with Gasteiger partial charge >= 0.3 is 5.97 Å². The van der Waals surface area contributed by atoms with Crippen molar-refractivity contribution >= 4 is 34.9 Å². The van der Waals surface area contributed by atoms with Crippen LogP contribution in [0.15, 0.2) is 36.4 Å². The van der Waals surface area contributed by atoms with Crippen LogP contribution in [0.5, 0.6) is 0 Å². The zero-order chi connectivity index (χ0) is 24.8. The topological polar surface area (TPSA) is 102 Å². The molecular weight excluding hydrogens is 440 g/mol. The standard InChI is InChI=1S/C25H32N2O5S/c1-24(2,3)17-9-7-16(8-10-17)22(30)26-14-21(29)32-15-19(28)20-12-11-18(33-20)13-27-23(31)25(4,5)6/h7-12H,13-15H2,1-6H3,(H,26,30)(H,27,31). The van der Waals surface area contributed by atoms with E-state index in [0.29, 0.717) is 17.0 Å². The number of hydrogen-bond donors (Lipinski definition) is 2. The number of carbonyl (C=O) groups is 4. The van der Waals surface area contributed by atoms with Crippen LogP contribution in [0, 0.1) is 5.41 Å². The van der Waals surface area contributed by atoms with Crippen molar-refractivity contribution in [1.29, 1.82) is 0 Å². The second-order valence-electron chi connectivity index (χ2n) is 9.79. The summed E-state index contributed by atoms with van der Waals surface area (Å²) in [7, 11) is 0. The van der Waals surface area contributed by atoms with Gasteiger partial charge in [0.25, 0.3) is 5.91 Å². The van der Waals surface area contributed by atoms with Crippen molar-refractivity contribution in [3.63, 3.8) is 0 Å². The number of Topliss-reactive ketones (excluding diaryl/α,β-unsaturated/α-hetero) is 1. The average molecular weight is 473 g/mol. The van der Waals surface area contributed by atoms with E-state index in [9.17, 15) is 19.2 Å². The molecule has 178 valence electrons. The second-order valence-corrected chi connectivity index (χ2v) is 11.0. The lowest BCUT2D eigenvalue weighted by Gasteiger charge is -2.19. The van der Waals surface area contributed by atoms with Crippen molar-refractivity contribution in [2.45, 2.75) is 53.5 Å². The molecule has 0 aliphatic carbocycles. The molecule has 0 unspecified atom stereocenters. The summed E-state index contributed by atoms with van der Waals surface area (Å²) in [6.07, 6.45) is 0. The lowest BCUT2D eigenvalue weighted by Crippen LogP contribution is -2.34. The van der Waals surface area contributed by atoms with Crippen LogP contribution in [0.25, 0.3) is 0 Å². The highest BCUT2D eigenvalue weighted by molar-refractivity contribution is 7.14. The summed E-state index contributed by atoms with van der Waals surface area (Å²) >= 11 is 1.24. The third kappa shape index (κ3) is 8.13. The molecule has 2 N–H and O–H groups in total. The molecule has 7 nitrogen and oxygen atoms in total. The van der Waals surface area contributed by atoms with E-state index in [4.69, 9.17) is 4.74 Å². The fourth-order valence-electron chi connectivity index (χ4n) is 2.70. The van der Waals surface area contributed by atoms with E-state index in [1.54, 1.807) is 24.3 Å². The molecule has 0 spiro atoms. The van der Waals surface area contributed by atoms with Crippen LogP contribution in [0.4, 0.5) is 0 Å². The number of hydrogen-bond acceptors (Lipinski definition) is 6. The Morgan fingerprint density at radius 3 is 2.09 bits per heavy atom. The van der Waals surface area contributed by atoms with Gasteiger partial charge in [0.1, 0.15) is 6.54 Å². The lowest BCUT2D eigenvalue weighted by molar-refractivity contribution is -0.141. The highest BCUT2D eigenvalue weighted by atomic mass is 32.1. The summed E-state index contributed by atoms with van der Waals surface area (Å²) in [6, 6.07) is 10.6. The Hall–Kier alpha value is -3.00. The number of thiophene rings is 1. The Morgan fingerprint density at radius 1 is 0.879 bits per heavy atom. The van der Waals surface area contributed by atoms with E-state index >= 15 is 0 Å². The van der Waals surface area contributed by atoms with Crippen LogP contribution in [0.1, 0.15) is 72.0 Å². The predicted octanol–water partition coefficient (Wildman–Crippen LogP) is 3.86. The molecule has 0 radical (unpaired) electrons. The van der Waals surface area contributed by atoms with Gasteiger partial charge in [-0.15, -0.1) is 11.3 Å². The molecular formula is C25H32N2O5S. The van der Waals surface area contributed by atoms with Gasteiger partial charge in [0.05, 0.1) is 11.4 Å². The molecule has 1 aromatic heterocycles. The highest BCUT2D eigenvalue weighted by Crippen LogP contribution is 2.22. The normalized spacial score (nSPS) is 11.6. The molecule has 1 aromatic carbocycles. The van der Waals surface area contributed by atoms with E-state index in [-0.39, 0.29) is 29.6 Å². The van der Waals surface area contributed by atoms with E-state index in [1.165, 1.54) is 11.3 Å². The number of ether oxygens (including phenoxy) is 1. The van der Waals surface area contributed by atoms with Gasteiger partial charge in [-0.3, -0.25) is 19.2 Å². The SMILES string of the molecule is CC(C)(C)C(=O)NCc1ccc(C(=O)COC(=O)CNC(=O)c2ccc(C(C)(C)C)cc2)s1. The summed E-state index contributed by atoms with van der Waals surface area (Å²) in [5.74, 6) is -1.51. The fraction of sp³-hybridized carbons (Fsp3) is 0.440. The number of nitrogens with one attached hydrogen (secondary N) is 2. The summed E-state index contributed by atoms with van der Waals surface area (Å²) in [5.41, 5.74) is 1.03. The first-order chi connectivity index (χ1) is 15.3. The van der Waals surface area contributed by atoms with Gasteiger partial charge in [0, 0.05) is 15.9 Å². The lowest BCUT2D eigenvalue weighted by atomic mass is 9.87. The fourth-order valence-corrected chi connectivity index (χ4v) is 3.57. The quantitative estimate of drug-likeness (QED) is 0.449. The molecule has 0 atom stereocenters. The first-order valence-electron chi connectivity index (χ1n) is 10.7. The van der Waals surface area contributed by atoms with Crippen molar-refractivity contribution in [3.8, 4) is 0 Å². The maximum Gasteiger partial charge on any atom is 0.325 e. The van der Waals surface area contributed by atoms with Crippen molar-refractivity contribution < 1.29 is 23.9 Å². The Labute approximate surface area is 198 Å². The average Bonchev–Trinajstić information content (AvgIpc) is 3.22. The molecule has 0 saturated heterocycles. The monoisotopic (exact) mass is 472 g/mol. The summed E-state index contributed by atoms with van der Waals surface area (Å²) in [4.78, 5) is 49.7. The number of carbonyl (C=O) groups excluding carboxylic acids is 4. The molecule has 0 bridgehead atoms. The number of benzene rings is 1. The Morgan fingerprint density at radius 2 is 1.52 bits per heavy atom. The maximum atomic E-state index is 12.3. The van der Waals surface area contributed by atoms with E-state index in [1.807, 2.05) is 32.9 Å². The van der Waals surface area contributed by atoms with Gasteiger partial charge in [0.2, 0.25) is 11.7 Å². The Kier molecular flexibility index (Phi) is 8.55. The zero-order valence-corrected chi connectivity index (χ0v) is 20.9. The van der Waals surface area contributed by atoms with E-state index in [2.05, 4.69) is 31.4 Å². The minimum atomic E-state index is -0.697. The summed E-state index contributed by atoms with van der Waals surface area (Å²) < 4.78 is 4.99. The number of esters is 1. The van der Waals surface area contributed by atoms with Crippen molar-refractivity contribution in [2.75, 3.05) is 13.2 Å². The maximum absolute atomic E-state index is 12.3. The van der Waals surface area contributed by atoms with E-state index < -0.39 is 18.0 Å². The molecule has 0 saturated carbocycles. The van der Waals surface area contributed by atoms with Gasteiger partial charge in [0.15, 0.2) is 6.61 Å². The van der Waals surface area contributed by atoms with Crippen LogP contribution in [-0.4, -0.2) is 36.7 Å². The van der Waals surface area contributed by atoms with Gasteiger partial charge in [-0.1, -0.05) is 53.7 Å². The Bertz CT molecular complexity index is 1010. The molecule has 33 heavy (non-hydrogen) atoms. The summed E-state index contributed by atoms with van der Waals surface area (Å²) in [6.45, 7) is 11.3. The first kappa shape index (κ1) is 26.3. The van der Waals surface area contributed by atoms with Crippen molar-refractivity contribution in [1.82, 2.24) is 10.6 Å². The predicted molar refractivity (Wildman–Crippen MR) is 128 cm³/mol. The molecule has 0 aliphatic heterocycles. The third-order valence-corrected chi connectivity index (χ3v) is 5.94. The molecule has 2 amide bonds. The molecule has 1 heterocycles. The van der Waals surface area contributed by atoms with Crippen molar-refractivity contribution in [3.05, 3.63) is 57.3 Å². The zero-order valence-electron chi connectivity index (χ0n) is 20.0. The summed E-state index contributed by atoms with van der Waals surface area (Å²) in [5, 5.41) is 5.33. The molecule has 0 aliphatic rings. The number of rotatable bonds is 8. The van der Waals surface area contributed by atoms with Gasteiger partial charge in [-0.2, -0.15) is 0 Å². The molecule has 8 heteroatoms.